The minimum absolute atomic E-state index is 0.457. The average molecular weight is 261 g/mol. The molecule has 0 aliphatic heterocycles. The Labute approximate surface area is 111 Å². The summed E-state index contributed by atoms with van der Waals surface area (Å²) in [6.07, 6.45) is 1.66. The van der Waals surface area contributed by atoms with Crippen molar-refractivity contribution < 1.29 is 4.79 Å². The smallest absolute Gasteiger partial charge is 0.231 e. The second-order valence-electron chi connectivity index (χ2n) is 4.11. The van der Waals surface area contributed by atoms with E-state index < -0.39 is 11.8 Å². The Balaban J connectivity index is 2.54. The molecule has 0 bridgehead atoms. The van der Waals surface area contributed by atoms with Gasteiger partial charge in [-0.05, 0) is 36.2 Å². The first-order chi connectivity index (χ1) is 8.59. The van der Waals surface area contributed by atoms with E-state index in [0.29, 0.717) is 16.3 Å². The van der Waals surface area contributed by atoms with Crippen molar-refractivity contribution in [1.82, 2.24) is 4.98 Å². The molecule has 2 N–H and O–H groups in total. The lowest BCUT2D eigenvalue weighted by Crippen LogP contribution is -2.23. The van der Waals surface area contributed by atoms with Crippen LogP contribution < -0.4 is 5.73 Å². The number of primary amides is 1. The third-order valence-electron chi connectivity index (χ3n) is 2.73. The van der Waals surface area contributed by atoms with Crippen LogP contribution in [0, 0.1) is 6.92 Å². The van der Waals surface area contributed by atoms with E-state index in [1.54, 1.807) is 18.3 Å². The molecule has 1 unspecified atom stereocenters. The third-order valence-corrected chi connectivity index (χ3v) is 3.08. The average Bonchev–Trinajstić information content (AvgIpc) is 2.32. The maximum absolute atomic E-state index is 11.7. The maximum atomic E-state index is 11.7. The summed E-state index contributed by atoms with van der Waals surface area (Å²) in [5.74, 6) is -1.07. The van der Waals surface area contributed by atoms with Crippen LogP contribution >= 0.6 is 11.6 Å². The summed E-state index contributed by atoms with van der Waals surface area (Å²) >= 11 is 6.12. The van der Waals surface area contributed by atoms with Gasteiger partial charge in [0.2, 0.25) is 5.91 Å². The Hall–Kier alpha value is -1.87. The molecule has 0 radical (unpaired) electrons. The summed E-state index contributed by atoms with van der Waals surface area (Å²) in [6, 6.07) is 10.9. The SMILES string of the molecule is Cc1ccnc(C(C(N)=O)c2ccccc2Cl)c1. The Morgan fingerprint density at radius 2 is 2.06 bits per heavy atom. The first kappa shape index (κ1) is 12.6. The van der Waals surface area contributed by atoms with E-state index in [2.05, 4.69) is 4.98 Å². The van der Waals surface area contributed by atoms with Gasteiger partial charge in [0.15, 0.2) is 0 Å². The number of aryl methyl sites for hydroxylation is 1. The second kappa shape index (κ2) is 5.19. The molecule has 0 fully saturated rings. The number of rotatable bonds is 3. The zero-order valence-corrected chi connectivity index (χ0v) is 10.7. The molecular weight excluding hydrogens is 248 g/mol. The predicted molar refractivity (Wildman–Crippen MR) is 71.5 cm³/mol. The first-order valence-electron chi connectivity index (χ1n) is 5.56. The van der Waals surface area contributed by atoms with E-state index in [1.165, 1.54) is 0 Å². The monoisotopic (exact) mass is 260 g/mol. The van der Waals surface area contributed by atoms with Crippen LogP contribution in [0.1, 0.15) is 22.7 Å². The van der Waals surface area contributed by atoms with Crippen molar-refractivity contribution in [1.29, 1.82) is 0 Å². The van der Waals surface area contributed by atoms with Gasteiger partial charge in [-0.3, -0.25) is 9.78 Å². The first-order valence-corrected chi connectivity index (χ1v) is 5.93. The fourth-order valence-corrected chi connectivity index (χ4v) is 2.13. The van der Waals surface area contributed by atoms with Gasteiger partial charge in [-0.1, -0.05) is 29.8 Å². The van der Waals surface area contributed by atoms with Crippen LogP contribution in [0.25, 0.3) is 0 Å². The number of benzene rings is 1. The van der Waals surface area contributed by atoms with Crippen LogP contribution in [0.15, 0.2) is 42.6 Å². The van der Waals surface area contributed by atoms with E-state index in [4.69, 9.17) is 17.3 Å². The molecule has 3 nitrogen and oxygen atoms in total. The highest BCUT2D eigenvalue weighted by molar-refractivity contribution is 6.31. The number of amides is 1. The molecule has 2 rings (SSSR count). The van der Waals surface area contributed by atoms with Gasteiger partial charge in [0.1, 0.15) is 5.92 Å². The number of hydrogen-bond donors (Lipinski definition) is 1. The van der Waals surface area contributed by atoms with E-state index in [-0.39, 0.29) is 0 Å². The standard InChI is InChI=1S/C14H13ClN2O/c1-9-6-7-17-12(8-9)13(14(16)18)10-4-2-3-5-11(10)15/h2-8,13H,1H3,(H2,16,18). The fraction of sp³-hybridized carbons (Fsp3) is 0.143. The molecule has 92 valence electrons. The second-order valence-corrected chi connectivity index (χ2v) is 4.52. The molecule has 2 aromatic rings. The summed E-state index contributed by atoms with van der Waals surface area (Å²) in [5.41, 5.74) is 7.81. The van der Waals surface area contributed by atoms with Crippen LogP contribution in [0.3, 0.4) is 0 Å². The fourth-order valence-electron chi connectivity index (χ4n) is 1.88. The minimum atomic E-state index is -0.612. The Morgan fingerprint density at radius 3 is 2.67 bits per heavy atom. The van der Waals surface area contributed by atoms with Crippen LogP contribution in [0.2, 0.25) is 5.02 Å². The lowest BCUT2D eigenvalue weighted by molar-refractivity contribution is -0.118. The summed E-state index contributed by atoms with van der Waals surface area (Å²) in [5, 5.41) is 0.518. The molecule has 18 heavy (non-hydrogen) atoms. The summed E-state index contributed by atoms with van der Waals surface area (Å²) < 4.78 is 0. The number of hydrogen-bond acceptors (Lipinski definition) is 2. The van der Waals surface area contributed by atoms with Gasteiger partial charge in [0, 0.05) is 11.2 Å². The zero-order valence-electron chi connectivity index (χ0n) is 9.93. The highest BCUT2D eigenvalue weighted by Crippen LogP contribution is 2.29. The van der Waals surface area contributed by atoms with Gasteiger partial charge in [-0.25, -0.2) is 0 Å². The van der Waals surface area contributed by atoms with Crippen molar-refractivity contribution in [2.45, 2.75) is 12.8 Å². The van der Waals surface area contributed by atoms with Crippen LogP contribution in [0.4, 0.5) is 0 Å². The minimum Gasteiger partial charge on any atom is -0.369 e. The zero-order chi connectivity index (χ0) is 13.1. The Kier molecular flexibility index (Phi) is 3.63. The van der Waals surface area contributed by atoms with Crippen molar-refractivity contribution in [3.8, 4) is 0 Å². The van der Waals surface area contributed by atoms with Gasteiger partial charge < -0.3 is 5.73 Å². The third kappa shape index (κ3) is 2.51. The van der Waals surface area contributed by atoms with E-state index in [1.807, 2.05) is 31.2 Å². The molecule has 0 aliphatic carbocycles. The quantitative estimate of drug-likeness (QED) is 0.922. The predicted octanol–water partition coefficient (Wildman–Crippen LogP) is 2.66. The van der Waals surface area contributed by atoms with Crippen molar-refractivity contribution in [2.24, 2.45) is 5.73 Å². The normalized spacial score (nSPS) is 12.1. The van der Waals surface area contributed by atoms with Crippen LogP contribution in [-0.2, 0) is 4.79 Å². The summed E-state index contributed by atoms with van der Waals surface area (Å²) in [7, 11) is 0. The molecular formula is C14H13ClN2O. The number of carbonyl (C=O) groups excluding carboxylic acids is 1. The molecule has 4 heteroatoms. The number of aromatic nitrogens is 1. The molecule has 0 saturated heterocycles. The van der Waals surface area contributed by atoms with Gasteiger partial charge in [0.25, 0.3) is 0 Å². The molecule has 1 aromatic carbocycles. The van der Waals surface area contributed by atoms with Crippen molar-refractivity contribution in [3.05, 3.63) is 64.4 Å². The molecule has 1 heterocycles. The number of carbonyl (C=O) groups is 1. The maximum Gasteiger partial charge on any atom is 0.231 e. The Bertz CT molecular complexity index is 584. The number of nitrogens with zero attached hydrogens (tertiary/aromatic N) is 1. The van der Waals surface area contributed by atoms with Gasteiger partial charge in [0.05, 0.1) is 5.69 Å². The largest absolute Gasteiger partial charge is 0.369 e. The van der Waals surface area contributed by atoms with Gasteiger partial charge >= 0.3 is 0 Å². The van der Waals surface area contributed by atoms with Gasteiger partial charge in [-0.15, -0.1) is 0 Å². The highest BCUT2D eigenvalue weighted by atomic mass is 35.5. The van der Waals surface area contributed by atoms with Gasteiger partial charge in [-0.2, -0.15) is 0 Å². The molecule has 1 atom stereocenters. The molecule has 0 spiro atoms. The van der Waals surface area contributed by atoms with Crippen molar-refractivity contribution in [2.75, 3.05) is 0 Å². The molecule has 1 amide bonds. The van der Waals surface area contributed by atoms with Crippen LogP contribution in [-0.4, -0.2) is 10.9 Å². The summed E-state index contributed by atoms with van der Waals surface area (Å²) in [6.45, 7) is 1.94. The number of pyridine rings is 1. The van der Waals surface area contributed by atoms with E-state index in [0.717, 1.165) is 5.56 Å². The number of nitrogens with two attached hydrogens (primary N) is 1. The van der Waals surface area contributed by atoms with Crippen LogP contribution in [0.5, 0.6) is 0 Å². The molecule has 0 aliphatic rings. The van der Waals surface area contributed by atoms with E-state index >= 15 is 0 Å². The lowest BCUT2D eigenvalue weighted by atomic mass is 9.94. The molecule has 1 aromatic heterocycles. The topological polar surface area (TPSA) is 56.0 Å². The van der Waals surface area contributed by atoms with E-state index in [9.17, 15) is 4.79 Å². The Morgan fingerprint density at radius 1 is 1.33 bits per heavy atom. The summed E-state index contributed by atoms with van der Waals surface area (Å²) in [4.78, 5) is 15.9. The highest BCUT2D eigenvalue weighted by Gasteiger charge is 2.23. The molecule has 0 saturated carbocycles. The van der Waals surface area contributed by atoms with Crippen molar-refractivity contribution >= 4 is 17.5 Å². The lowest BCUT2D eigenvalue weighted by Gasteiger charge is -2.15. The number of halogens is 1. The van der Waals surface area contributed by atoms with Crippen molar-refractivity contribution in [3.63, 3.8) is 0 Å².